The predicted octanol–water partition coefficient (Wildman–Crippen LogP) is 2.21. The van der Waals surface area contributed by atoms with Crippen LogP contribution < -0.4 is 0 Å². The third-order valence-electron chi connectivity index (χ3n) is 2.22. The molecule has 0 aliphatic carbocycles. The van der Waals surface area contributed by atoms with E-state index in [1.807, 2.05) is 6.07 Å². The van der Waals surface area contributed by atoms with Gasteiger partial charge in [0.1, 0.15) is 5.82 Å². The summed E-state index contributed by atoms with van der Waals surface area (Å²) in [7, 11) is 1.63. The number of nitrogens with zero attached hydrogens (tertiary/aromatic N) is 2. The molecular formula is C13H13FN2O. The third kappa shape index (κ3) is 4.47. The third-order valence-corrected chi connectivity index (χ3v) is 2.22. The lowest BCUT2D eigenvalue weighted by Gasteiger charge is -2.12. The summed E-state index contributed by atoms with van der Waals surface area (Å²) in [6.07, 6.45) is 3.34. The summed E-state index contributed by atoms with van der Waals surface area (Å²) >= 11 is 0. The maximum atomic E-state index is 12.6. The van der Waals surface area contributed by atoms with Crippen LogP contribution in [0.5, 0.6) is 0 Å². The van der Waals surface area contributed by atoms with Gasteiger partial charge in [0.25, 0.3) is 0 Å². The van der Waals surface area contributed by atoms with Crippen molar-refractivity contribution in [1.29, 1.82) is 5.26 Å². The van der Waals surface area contributed by atoms with Crippen LogP contribution in [-0.4, -0.2) is 24.4 Å². The van der Waals surface area contributed by atoms with Gasteiger partial charge < -0.3 is 4.90 Å². The van der Waals surface area contributed by atoms with E-state index in [9.17, 15) is 9.18 Å². The van der Waals surface area contributed by atoms with Crippen molar-refractivity contribution in [3.63, 3.8) is 0 Å². The van der Waals surface area contributed by atoms with E-state index in [0.29, 0.717) is 13.0 Å². The second-order valence-corrected chi connectivity index (χ2v) is 3.55. The van der Waals surface area contributed by atoms with Gasteiger partial charge in [-0.15, -0.1) is 0 Å². The number of likely N-dealkylation sites (N-methyl/N-ethyl adjacent to an activating group) is 1. The Balaban J connectivity index is 2.56. The van der Waals surface area contributed by atoms with Gasteiger partial charge in [-0.3, -0.25) is 4.79 Å². The molecule has 0 saturated carbocycles. The number of rotatable bonds is 4. The Kier molecular flexibility index (Phi) is 4.89. The minimum absolute atomic E-state index is 0.176. The second-order valence-electron chi connectivity index (χ2n) is 3.55. The number of carbonyl (C=O) groups is 1. The Hall–Kier alpha value is -2.15. The van der Waals surface area contributed by atoms with Crippen LogP contribution in [0.4, 0.5) is 4.39 Å². The van der Waals surface area contributed by atoms with Crippen LogP contribution in [0.2, 0.25) is 0 Å². The maximum Gasteiger partial charge on any atom is 0.246 e. The Morgan fingerprint density at radius 1 is 1.47 bits per heavy atom. The Bertz CT molecular complexity index is 445. The molecule has 0 saturated heterocycles. The molecular weight excluding hydrogens is 219 g/mol. The van der Waals surface area contributed by atoms with Crippen LogP contribution in [0, 0.1) is 17.1 Å². The van der Waals surface area contributed by atoms with Crippen molar-refractivity contribution >= 4 is 12.0 Å². The highest BCUT2D eigenvalue weighted by Gasteiger charge is 2.03. The van der Waals surface area contributed by atoms with E-state index in [1.54, 1.807) is 25.3 Å². The highest BCUT2D eigenvalue weighted by atomic mass is 19.1. The highest BCUT2D eigenvalue weighted by Crippen LogP contribution is 2.05. The van der Waals surface area contributed by atoms with E-state index in [2.05, 4.69) is 0 Å². The number of hydrogen-bond acceptors (Lipinski definition) is 2. The molecule has 0 unspecified atom stereocenters. The number of hydrogen-bond donors (Lipinski definition) is 0. The van der Waals surface area contributed by atoms with Gasteiger partial charge in [0.05, 0.1) is 12.5 Å². The van der Waals surface area contributed by atoms with E-state index in [1.165, 1.54) is 23.1 Å². The average Bonchev–Trinajstić information content (AvgIpc) is 2.34. The van der Waals surface area contributed by atoms with Crippen LogP contribution in [-0.2, 0) is 4.79 Å². The van der Waals surface area contributed by atoms with Crippen molar-refractivity contribution in [3.05, 3.63) is 41.7 Å². The van der Waals surface area contributed by atoms with Crippen LogP contribution in [0.1, 0.15) is 12.0 Å². The van der Waals surface area contributed by atoms with E-state index in [-0.39, 0.29) is 11.7 Å². The lowest BCUT2D eigenvalue weighted by atomic mass is 10.2. The average molecular weight is 232 g/mol. The van der Waals surface area contributed by atoms with Crippen molar-refractivity contribution in [2.75, 3.05) is 13.6 Å². The summed E-state index contributed by atoms with van der Waals surface area (Å²) in [5, 5.41) is 8.39. The van der Waals surface area contributed by atoms with Gasteiger partial charge in [0.2, 0.25) is 5.91 Å². The van der Waals surface area contributed by atoms with Gasteiger partial charge in [-0.25, -0.2) is 4.39 Å². The predicted molar refractivity (Wildman–Crippen MR) is 63.3 cm³/mol. The number of amides is 1. The molecule has 0 radical (unpaired) electrons. The zero-order chi connectivity index (χ0) is 12.7. The van der Waals surface area contributed by atoms with E-state index < -0.39 is 0 Å². The van der Waals surface area contributed by atoms with Crippen molar-refractivity contribution in [1.82, 2.24) is 4.90 Å². The molecule has 0 N–H and O–H groups in total. The standard InChI is InChI=1S/C13H13FN2O/c1-16(10-2-9-15)13(17)8-5-11-3-6-12(14)7-4-11/h3-8H,2,10H2,1H3. The quantitative estimate of drug-likeness (QED) is 0.747. The van der Waals surface area contributed by atoms with Crippen molar-refractivity contribution < 1.29 is 9.18 Å². The molecule has 1 amide bonds. The zero-order valence-electron chi connectivity index (χ0n) is 9.56. The van der Waals surface area contributed by atoms with Gasteiger partial charge in [0, 0.05) is 19.7 Å². The topological polar surface area (TPSA) is 44.1 Å². The molecule has 0 atom stereocenters. The number of nitriles is 1. The first kappa shape index (κ1) is 12.9. The monoisotopic (exact) mass is 232 g/mol. The molecule has 1 rings (SSSR count). The molecule has 0 heterocycles. The van der Waals surface area contributed by atoms with Crippen molar-refractivity contribution in [2.24, 2.45) is 0 Å². The first-order valence-corrected chi connectivity index (χ1v) is 5.19. The molecule has 0 aromatic heterocycles. The summed E-state index contributed by atoms with van der Waals surface area (Å²) in [5.41, 5.74) is 0.758. The number of carbonyl (C=O) groups excluding carboxylic acids is 1. The van der Waals surface area contributed by atoms with Crippen LogP contribution in [0.25, 0.3) is 6.08 Å². The largest absolute Gasteiger partial charge is 0.341 e. The maximum absolute atomic E-state index is 12.6. The summed E-state index contributed by atoms with van der Waals surface area (Å²) in [4.78, 5) is 13.0. The van der Waals surface area contributed by atoms with Crippen molar-refractivity contribution in [2.45, 2.75) is 6.42 Å². The Labute approximate surface area is 99.8 Å². The molecule has 1 aromatic rings. The van der Waals surface area contributed by atoms with Gasteiger partial charge in [-0.05, 0) is 23.8 Å². The minimum Gasteiger partial charge on any atom is -0.341 e. The normalized spacial score (nSPS) is 10.2. The Morgan fingerprint density at radius 3 is 2.71 bits per heavy atom. The van der Waals surface area contributed by atoms with E-state index in [4.69, 9.17) is 5.26 Å². The fourth-order valence-electron chi connectivity index (χ4n) is 1.20. The van der Waals surface area contributed by atoms with Gasteiger partial charge in [0.15, 0.2) is 0 Å². The SMILES string of the molecule is CN(CCC#N)C(=O)C=Cc1ccc(F)cc1. The summed E-state index contributed by atoms with van der Waals surface area (Å²) < 4.78 is 12.6. The molecule has 0 bridgehead atoms. The Morgan fingerprint density at radius 2 is 2.12 bits per heavy atom. The number of halogens is 1. The number of benzene rings is 1. The molecule has 88 valence electrons. The van der Waals surface area contributed by atoms with E-state index >= 15 is 0 Å². The highest BCUT2D eigenvalue weighted by molar-refractivity contribution is 5.91. The van der Waals surface area contributed by atoms with E-state index in [0.717, 1.165) is 5.56 Å². The summed E-state index contributed by atoms with van der Waals surface area (Å²) in [6, 6.07) is 7.83. The lowest BCUT2D eigenvalue weighted by molar-refractivity contribution is -0.124. The summed E-state index contributed by atoms with van der Waals surface area (Å²) in [5.74, 6) is -0.482. The van der Waals surface area contributed by atoms with Crippen LogP contribution >= 0.6 is 0 Å². The first-order valence-electron chi connectivity index (χ1n) is 5.19. The molecule has 4 heteroatoms. The fraction of sp³-hybridized carbons (Fsp3) is 0.231. The first-order chi connectivity index (χ1) is 8.13. The van der Waals surface area contributed by atoms with Gasteiger partial charge in [-0.2, -0.15) is 5.26 Å². The second kappa shape index (κ2) is 6.44. The van der Waals surface area contributed by atoms with Gasteiger partial charge >= 0.3 is 0 Å². The lowest BCUT2D eigenvalue weighted by Crippen LogP contribution is -2.25. The molecule has 3 nitrogen and oxygen atoms in total. The molecule has 0 spiro atoms. The summed E-state index contributed by atoms with van der Waals surface area (Å²) in [6.45, 7) is 0.406. The molecule has 17 heavy (non-hydrogen) atoms. The molecule has 0 aliphatic rings. The molecule has 1 aromatic carbocycles. The molecule has 0 aliphatic heterocycles. The zero-order valence-corrected chi connectivity index (χ0v) is 9.56. The molecule has 0 fully saturated rings. The smallest absolute Gasteiger partial charge is 0.246 e. The van der Waals surface area contributed by atoms with Gasteiger partial charge in [-0.1, -0.05) is 12.1 Å². The van der Waals surface area contributed by atoms with Crippen molar-refractivity contribution in [3.8, 4) is 6.07 Å². The fourth-order valence-corrected chi connectivity index (χ4v) is 1.20. The minimum atomic E-state index is -0.306. The van der Waals surface area contributed by atoms with Crippen LogP contribution in [0.15, 0.2) is 30.3 Å². The van der Waals surface area contributed by atoms with Crippen LogP contribution in [0.3, 0.4) is 0 Å².